The third-order valence-electron chi connectivity index (χ3n) is 3.81. The molecule has 0 aliphatic rings. The maximum absolute atomic E-state index is 5.95. The van der Waals surface area contributed by atoms with E-state index in [4.69, 9.17) is 14.5 Å². The SMILES string of the molecule is CN=C(NCc1csc(C(C)(C)C)n1)NCC(C)Oc1ccccc1OC. The number of nitrogens with one attached hydrogen (secondary N) is 2. The van der Waals surface area contributed by atoms with Crippen molar-refractivity contribution in [3.63, 3.8) is 0 Å². The summed E-state index contributed by atoms with van der Waals surface area (Å²) in [6, 6.07) is 7.63. The third kappa shape index (κ3) is 6.43. The summed E-state index contributed by atoms with van der Waals surface area (Å²) in [6.07, 6.45) is -0.0494. The number of para-hydroxylation sites is 2. The molecule has 0 aliphatic heterocycles. The van der Waals surface area contributed by atoms with Crippen LogP contribution in [0.15, 0.2) is 34.6 Å². The molecule has 0 fully saturated rings. The average Bonchev–Trinajstić information content (AvgIpc) is 3.12. The van der Waals surface area contributed by atoms with Crippen LogP contribution in [-0.4, -0.2) is 37.7 Å². The van der Waals surface area contributed by atoms with Gasteiger partial charge in [-0.1, -0.05) is 32.9 Å². The monoisotopic (exact) mass is 390 g/mol. The van der Waals surface area contributed by atoms with E-state index in [1.807, 2.05) is 31.2 Å². The van der Waals surface area contributed by atoms with Crippen LogP contribution in [-0.2, 0) is 12.0 Å². The summed E-state index contributed by atoms with van der Waals surface area (Å²) in [6.45, 7) is 9.77. The van der Waals surface area contributed by atoms with Crippen LogP contribution >= 0.6 is 11.3 Å². The largest absolute Gasteiger partial charge is 0.493 e. The van der Waals surface area contributed by atoms with Crippen LogP contribution in [0.4, 0.5) is 0 Å². The molecule has 0 saturated carbocycles. The maximum Gasteiger partial charge on any atom is 0.191 e. The summed E-state index contributed by atoms with van der Waals surface area (Å²) in [5.41, 5.74) is 1.10. The minimum absolute atomic E-state index is 0.0494. The fourth-order valence-electron chi connectivity index (χ4n) is 2.34. The normalized spacial score (nSPS) is 13.2. The van der Waals surface area contributed by atoms with E-state index in [-0.39, 0.29) is 11.5 Å². The number of aliphatic imine (C=N–C) groups is 1. The van der Waals surface area contributed by atoms with E-state index in [1.165, 1.54) is 0 Å². The van der Waals surface area contributed by atoms with Crippen LogP contribution in [0.1, 0.15) is 38.4 Å². The number of ether oxygens (including phenoxy) is 2. The zero-order valence-corrected chi connectivity index (χ0v) is 17.8. The number of guanidine groups is 1. The Labute approximate surface area is 166 Å². The topological polar surface area (TPSA) is 67.8 Å². The molecule has 6 nitrogen and oxygen atoms in total. The van der Waals surface area contributed by atoms with Gasteiger partial charge >= 0.3 is 0 Å². The zero-order chi connectivity index (χ0) is 19.9. The van der Waals surface area contributed by atoms with Gasteiger partial charge in [-0.25, -0.2) is 4.98 Å². The van der Waals surface area contributed by atoms with Gasteiger partial charge in [0.1, 0.15) is 6.10 Å². The first-order valence-electron chi connectivity index (χ1n) is 9.02. The Morgan fingerprint density at radius 2 is 1.93 bits per heavy atom. The lowest BCUT2D eigenvalue weighted by molar-refractivity contribution is 0.213. The molecule has 1 aromatic heterocycles. The first-order chi connectivity index (χ1) is 12.8. The quantitative estimate of drug-likeness (QED) is 0.559. The van der Waals surface area contributed by atoms with E-state index >= 15 is 0 Å². The predicted octanol–water partition coefficient (Wildman–Crippen LogP) is 3.58. The molecule has 2 N–H and O–H groups in total. The van der Waals surface area contributed by atoms with Gasteiger partial charge in [0, 0.05) is 17.8 Å². The lowest BCUT2D eigenvalue weighted by Gasteiger charge is -2.19. The Morgan fingerprint density at radius 3 is 2.52 bits per heavy atom. The van der Waals surface area contributed by atoms with Crippen molar-refractivity contribution in [3.8, 4) is 11.5 Å². The van der Waals surface area contributed by atoms with Gasteiger partial charge in [-0.2, -0.15) is 0 Å². The predicted molar refractivity (Wildman–Crippen MR) is 112 cm³/mol. The number of methoxy groups -OCH3 is 1. The van der Waals surface area contributed by atoms with Crippen LogP contribution in [0.2, 0.25) is 0 Å². The van der Waals surface area contributed by atoms with Gasteiger partial charge in [0.05, 0.1) is 30.9 Å². The molecule has 0 spiro atoms. The smallest absolute Gasteiger partial charge is 0.191 e. The van der Waals surface area contributed by atoms with Crippen LogP contribution in [0.5, 0.6) is 11.5 Å². The second-order valence-electron chi connectivity index (χ2n) is 7.28. The van der Waals surface area contributed by atoms with Crippen LogP contribution in [0, 0.1) is 0 Å². The molecule has 0 radical (unpaired) electrons. The summed E-state index contributed by atoms with van der Waals surface area (Å²) in [4.78, 5) is 8.95. The molecular formula is C20H30N4O2S. The van der Waals surface area contributed by atoms with E-state index in [2.05, 4.69) is 41.8 Å². The highest BCUT2D eigenvalue weighted by molar-refractivity contribution is 7.09. The summed E-state index contributed by atoms with van der Waals surface area (Å²) < 4.78 is 11.3. The second-order valence-corrected chi connectivity index (χ2v) is 8.14. The molecule has 1 unspecified atom stereocenters. The van der Waals surface area contributed by atoms with Gasteiger partial charge in [-0.3, -0.25) is 4.99 Å². The Morgan fingerprint density at radius 1 is 1.22 bits per heavy atom. The van der Waals surface area contributed by atoms with Gasteiger partial charge < -0.3 is 20.1 Å². The summed E-state index contributed by atoms with van der Waals surface area (Å²) >= 11 is 1.70. The van der Waals surface area contributed by atoms with Crippen molar-refractivity contribution in [1.29, 1.82) is 0 Å². The van der Waals surface area contributed by atoms with E-state index in [1.54, 1.807) is 25.5 Å². The van der Waals surface area contributed by atoms with Crippen molar-refractivity contribution in [2.24, 2.45) is 4.99 Å². The first-order valence-corrected chi connectivity index (χ1v) is 9.90. The highest BCUT2D eigenvalue weighted by Crippen LogP contribution is 2.27. The molecule has 1 atom stereocenters. The van der Waals surface area contributed by atoms with Crippen LogP contribution in [0.3, 0.4) is 0 Å². The van der Waals surface area contributed by atoms with E-state index in [0.29, 0.717) is 13.1 Å². The van der Waals surface area contributed by atoms with E-state index < -0.39 is 0 Å². The van der Waals surface area contributed by atoms with Crippen molar-refractivity contribution in [3.05, 3.63) is 40.3 Å². The van der Waals surface area contributed by atoms with Crippen molar-refractivity contribution in [2.75, 3.05) is 20.7 Å². The minimum Gasteiger partial charge on any atom is -0.493 e. The van der Waals surface area contributed by atoms with Gasteiger partial charge in [0.2, 0.25) is 0 Å². The lowest BCUT2D eigenvalue weighted by Crippen LogP contribution is -2.41. The molecule has 148 valence electrons. The van der Waals surface area contributed by atoms with Gasteiger partial charge in [-0.15, -0.1) is 11.3 Å². The molecular weight excluding hydrogens is 360 g/mol. The van der Waals surface area contributed by atoms with E-state index in [9.17, 15) is 0 Å². The van der Waals surface area contributed by atoms with Crippen molar-refractivity contribution >= 4 is 17.3 Å². The summed E-state index contributed by atoms with van der Waals surface area (Å²) in [7, 11) is 3.39. The Bertz CT molecular complexity index is 752. The molecule has 0 saturated heterocycles. The molecule has 1 heterocycles. The third-order valence-corrected chi connectivity index (χ3v) is 5.12. The molecule has 0 bridgehead atoms. The zero-order valence-electron chi connectivity index (χ0n) is 17.0. The van der Waals surface area contributed by atoms with Crippen molar-refractivity contribution < 1.29 is 9.47 Å². The average molecular weight is 391 g/mol. The van der Waals surface area contributed by atoms with Crippen LogP contribution < -0.4 is 20.1 Å². The number of nitrogens with zero attached hydrogens (tertiary/aromatic N) is 2. The number of thiazole rings is 1. The highest BCUT2D eigenvalue weighted by atomic mass is 32.1. The Hall–Kier alpha value is -2.28. The van der Waals surface area contributed by atoms with Gasteiger partial charge in [0.15, 0.2) is 17.5 Å². The van der Waals surface area contributed by atoms with Crippen molar-refractivity contribution in [2.45, 2.75) is 45.8 Å². The molecule has 7 heteroatoms. The number of rotatable bonds is 7. The molecule has 27 heavy (non-hydrogen) atoms. The minimum atomic E-state index is -0.0494. The van der Waals surface area contributed by atoms with Crippen molar-refractivity contribution in [1.82, 2.24) is 15.6 Å². The number of aromatic nitrogens is 1. The Balaban J connectivity index is 1.82. The summed E-state index contributed by atoms with van der Waals surface area (Å²) in [5, 5.41) is 9.81. The van der Waals surface area contributed by atoms with Gasteiger partial charge in [-0.05, 0) is 19.1 Å². The fraction of sp³-hybridized carbons (Fsp3) is 0.500. The molecule has 2 aromatic rings. The number of hydrogen-bond donors (Lipinski definition) is 2. The van der Waals surface area contributed by atoms with Gasteiger partial charge in [0.25, 0.3) is 0 Å². The number of benzene rings is 1. The molecule has 0 amide bonds. The summed E-state index contributed by atoms with van der Waals surface area (Å²) in [5.74, 6) is 2.18. The lowest BCUT2D eigenvalue weighted by atomic mass is 9.98. The molecule has 1 aromatic carbocycles. The fourth-order valence-corrected chi connectivity index (χ4v) is 3.25. The Kier molecular flexibility index (Phi) is 7.47. The highest BCUT2D eigenvalue weighted by Gasteiger charge is 2.18. The standard InChI is InChI=1S/C20H30N4O2S/c1-14(26-17-10-8-7-9-16(17)25-6)11-22-19(21-5)23-12-15-13-27-18(24-15)20(2,3)4/h7-10,13-14H,11-12H2,1-6H3,(H2,21,22,23). The van der Waals surface area contributed by atoms with E-state index in [0.717, 1.165) is 28.2 Å². The first kappa shape index (κ1) is 21.0. The molecule has 0 aliphatic carbocycles. The molecule has 2 rings (SSSR count). The second kappa shape index (κ2) is 9.60. The number of hydrogen-bond acceptors (Lipinski definition) is 5. The van der Waals surface area contributed by atoms with Crippen LogP contribution in [0.25, 0.3) is 0 Å². The maximum atomic E-state index is 5.95.